The van der Waals surface area contributed by atoms with Crippen molar-refractivity contribution in [2.24, 2.45) is 0 Å². The van der Waals surface area contributed by atoms with Crippen LogP contribution < -0.4 is 5.32 Å². The van der Waals surface area contributed by atoms with Gasteiger partial charge < -0.3 is 15.0 Å². The lowest BCUT2D eigenvalue weighted by Gasteiger charge is -2.39. The van der Waals surface area contributed by atoms with Crippen molar-refractivity contribution in [1.29, 1.82) is 0 Å². The predicted octanol–water partition coefficient (Wildman–Crippen LogP) is 1.46. The SMILES string of the molecule is CCC1(C)NC(=O)CN(CCOC2CCCCC2)C1=O. The fourth-order valence-corrected chi connectivity index (χ4v) is 2.98. The molecule has 1 heterocycles. The lowest BCUT2D eigenvalue weighted by Crippen LogP contribution is -2.65. The summed E-state index contributed by atoms with van der Waals surface area (Å²) in [5.41, 5.74) is -0.750. The molecule has 1 unspecified atom stereocenters. The minimum Gasteiger partial charge on any atom is -0.376 e. The fourth-order valence-electron chi connectivity index (χ4n) is 2.98. The van der Waals surface area contributed by atoms with Crippen LogP contribution in [0.3, 0.4) is 0 Å². The summed E-state index contributed by atoms with van der Waals surface area (Å²) >= 11 is 0. The third kappa shape index (κ3) is 3.51. The van der Waals surface area contributed by atoms with Gasteiger partial charge in [0.1, 0.15) is 5.54 Å². The highest BCUT2D eigenvalue weighted by atomic mass is 16.5. The maximum atomic E-state index is 12.4. The summed E-state index contributed by atoms with van der Waals surface area (Å²) in [4.78, 5) is 25.7. The second kappa shape index (κ2) is 6.57. The molecule has 0 spiro atoms. The lowest BCUT2D eigenvalue weighted by atomic mass is 9.94. The van der Waals surface area contributed by atoms with E-state index < -0.39 is 5.54 Å². The summed E-state index contributed by atoms with van der Waals surface area (Å²) in [7, 11) is 0. The number of nitrogens with zero attached hydrogens (tertiary/aromatic N) is 1. The van der Waals surface area contributed by atoms with Crippen LogP contribution in [0.2, 0.25) is 0 Å². The van der Waals surface area contributed by atoms with Gasteiger partial charge in [-0.1, -0.05) is 26.2 Å². The molecule has 2 rings (SSSR count). The number of ether oxygens (including phenoxy) is 1. The zero-order valence-electron chi connectivity index (χ0n) is 12.6. The van der Waals surface area contributed by atoms with Crippen molar-refractivity contribution in [2.75, 3.05) is 19.7 Å². The van der Waals surface area contributed by atoms with Crippen LogP contribution in [0, 0.1) is 0 Å². The van der Waals surface area contributed by atoms with Crippen LogP contribution in [-0.4, -0.2) is 48.1 Å². The van der Waals surface area contributed by atoms with Gasteiger partial charge in [-0.05, 0) is 26.2 Å². The van der Waals surface area contributed by atoms with E-state index in [0.29, 0.717) is 25.7 Å². The van der Waals surface area contributed by atoms with Crippen molar-refractivity contribution < 1.29 is 14.3 Å². The second-order valence-electron chi connectivity index (χ2n) is 6.09. The number of rotatable bonds is 5. The van der Waals surface area contributed by atoms with E-state index >= 15 is 0 Å². The predicted molar refractivity (Wildman–Crippen MR) is 76.2 cm³/mol. The van der Waals surface area contributed by atoms with E-state index in [4.69, 9.17) is 4.74 Å². The Morgan fingerprint density at radius 3 is 2.65 bits per heavy atom. The van der Waals surface area contributed by atoms with Crippen LogP contribution in [-0.2, 0) is 14.3 Å². The number of carbonyl (C=O) groups is 2. The number of piperazine rings is 1. The first kappa shape index (κ1) is 15.3. The van der Waals surface area contributed by atoms with E-state index in [9.17, 15) is 9.59 Å². The molecule has 2 fully saturated rings. The number of nitrogens with one attached hydrogen (secondary N) is 1. The molecule has 0 bridgehead atoms. The maximum Gasteiger partial charge on any atom is 0.248 e. The van der Waals surface area contributed by atoms with E-state index in [2.05, 4.69) is 5.32 Å². The van der Waals surface area contributed by atoms with Crippen LogP contribution in [0.15, 0.2) is 0 Å². The first-order valence-corrected chi connectivity index (χ1v) is 7.77. The molecule has 0 aromatic rings. The van der Waals surface area contributed by atoms with Gasteiger partial charge in [-0.25, -0.2) is 0 Å². The number of carbonyl (C=O) groups excluding carboxylic acids is 2. The zero-order chi connectivity index (χ0) is 14.6. The van der Waals surface area contributed by atoms with Gasteiger partial charge in [0.25, 0.3) is 0 Å². The summed E-state index contributed by atoms with van der Waals surface area (Å²) in [6, 6.07) is 0. The summed E-state index contributed by atoms with van der Waals surface area (Å²) in [5.74, 6) is -0.0709. The van der Waals surface area contributed by atoms with E-state index in [0.717, 1.165) is 12.8 Å². The average Bonchev–Trinajstić information content (AvgIpc) is 2.45. The molecule has 5 heteroatoms. The third-order valence-corrected chi connectivity index (χ3v) is 4.48. The molecule has 114 valence electrons. The van der Waals surface area contributed by atoms with Gasteiger partial charge in [-0.3, -0.25) is 9.59 Å². The van der Waals surface area contributed by atoms with Gasteiger partial charge >= 0.3 is 0 Å². The molecule has 1 atom stereocenters. The molecule has 1 saturated carbocycles. The van der Waals surface area contributed by atoms with E-state index in [1.165, 1.54) is 19.3 Å². The Hall–Kier alpha value is -1.10. The van der Waals surface area contributed by atoms with Crippen molar-refractivity contribution >= 4 is 11.8 Å². The van der Waals surface area contributed by atoms with Crippen molar-refractivity contribution in [2.45, 2.75) is 64.0 Å². The van der Waals surface area contributed by atoms with Crippen molar-refractivity contribution in [1.82, 2.24) is 10.2 Å². The summed E-state index contributed by atoms with van der Waals surface area (Å²) in [5, 5.41) is 2.79. The molecule has 0 aromatic heterocycles. The van der Waals surface area contributed by atoms with Crippen molar-refractivity contribution in [3.05, 3.63) is 0 Å². The Bertz CT molecular complexity index is 366. The number of amides is 2. The quantitative estimate of drug-likeness (QED) is 0.830. The Labute approximate surface area is 121 Å². The highest BCUT2D eigenvalue weighted by molar-refractivity contribution is 5.97. The van der Waals surface area contributed by atoms with Crippen molar-refractivity contribution in [3.63, 3.8) is 0 Å². The Morgan fingerprint density at radius 2 is 2.00 bits per heavy atom. The van der Waals surface area contributed by atoms with Gasteiger partial charge in [0, 0.05) is 6.54 Å². The largest absolute Gasteiger partial charge is 0.376 e. The van der Waals surface area contributed by atoms with Gasteiger partial charge in [0.2, 0.25) is 11.8 Å². The lowest BCUT2D eigenvalue weighted by molar-refractivity contribution is -0.150. The van der Waals surface area contributed by atoms with E-state index in [1.54, 1.807) is 11.8 Å². The minimum absolute atomic E-state index is 0.00634. The fraction of sp³-hybridized carbons (Fsp3) is 0.867. The Balaban J connectivity index is 1.81. The standard InChI is InChI=1S/C15H26N2O3/c1-3-15(2)14(19)17(11-13(18)16-15)9-10-20-12-7-5-4-6-8-12/h12H,3-11H2,1-2H3,(H,16,18). The normalized spacial score (nSPS) is 28.6. The maximum absolute atomic E-state index is 12.4. The topological polar surface area (TPSA) is 58.6 Å². The van der Waals surface area contributed by atoms with Crippen LogP contribution in [0.1, 0.15) is 52.4 Å². The summed E-state index contributed by atoms with van der Waals surface area (Å²) in [6.07, 6.45) is 6.99. The molecule has 1 aliphatic heterocycles. The minimum atomic E-state index is -0.750. The molecule has 0 radical (unpaired) electrons. The number of hydrogen-bond acceptors (Lipinski definition) is 3. The van der Waals surface area contributed by atoms with Gasteiger partial charge in [0.05, 0.1) is 19.3 Å². The molecular weight excluding hydrogens is 256 g/mol. The van der Waals surface area contributed by atoms with Crippen LogP contribution in [0.25, 0.3) is 0 Å². The van der Waals surface area contributed by atoms with E-state index in [-0.39, 0.29) is 18.4 Å². The molecule has 0 aromatic carbocycles. The second-order valence-corrected chi connectivity index (χ2v) is 6.09. The Morgan fingerprint density at radius 1 is 1.30 bits per heavy atom. The molecule has 2 amide bonds. The average molecular weight is 282 g/mol. The van der Waals surface area contributed by atoms with Gasteiger partial charge in [-0.2, -0.15) is 0 Å². The molecule has 1 N–H and O–H groups in total. The highest BCUT2D eigenvalue weighted by Gasteiger charge is 2.41. The Kier molecular flexibility index (Phi) is 5.02. The smallest absolute Gasteiger partial charge is 0.248 e. The van der Waals surface area contributed by atoms with Crippen LogP contribution in [0.4, 0.5) is 0 Å². The van der Waals surface area contributed by atoms with Crippen molar-refractivity contribution in [3.8, 4) is 0 Å². The first-order valence-electron chi connectivity index (χ1n) is 7.77. The third-order valence-electron chi connectivity index (χ3n) is 4.48. The van der Waals surface area contributed by atoms with Crippen LogP contribution in [0.5, 0.6) is 0 Å². The molecule has 20 heavy (non-hydrogen) atoms. The monoisotopic (exact) mass is 282 g/mol. The van der Waals surface area contributed by atoms with Gasteiger partial charge in [0.15, 0.2) is 0 Å². The molecule has 2 aliphatic rings. The summed E-state index contributed by atoms with van der Waals surface area (Å²) < 4.78 is 5.85. The highest BCUT2D eigenvalue weighted by Crippen LogP contribution is 2.21. The molecule has 5 nitrogen and oxygen atoms in total. The molecule has 1 saturated heterocycles. The first-order chi connectivity index (χ1) is 9.55. The molecular formula is C15H26N2O3. The number of hydrogen-bond donors (Lipinski definition) is 1. The van der Waals surface area contributed by atoms with Crippen LogP contribution >= 0.6 is 0 Å². The van der Waals surface area contributed by atoms with E-state index in [1.807, 2.05) is 6.92 Å². The summed E-state index contributed by atoms with van der Waals surface area (Å²) in [6.45, 7) is 4.91. The van der Waals surface area contributed by atoms with Gasteiger partial charge in [-0.15, -0.1) is 0 Å². The molecule has 1 aliphatic carbocycles. The zero-order valence-corrected chi connectivity index (χ0v) is 12.6.